The molecule has 0 radical (unpaired) electrons. The molecular formula is C19H22FNO4. The number of carbonyl (C=O) groups excluding carboxylic acids is 1. The van der Waals surface area contributed by atoms with E-state index in [2.05, 4.69) is 5.32 Å². The van der Waals surface area contributed by atoms with E-state index in [9.17, 15) is 9.18 Å². The number of amides is 1. The molecule has 1 N–H and O–H groups in total. The van der Waals surface area contributed by atoms with Gasteiger partial charge in [-0.3, -0.25) is 4.79 Å². The molecule has 0 aliphatic carbocycles. The van der Waals surface area contributed by atoms with Gasteiger partial charge in [0.1, 0.15) is 29.7 Å². The highest BCUT2D eigenvalue weighted by atomic mass is 19.1. The van der Waals surface area contributed by atoms with Crippen molar-refractivity contribution in [3.63, 3.8) is 0 Å². The topological polar surface area (TPSA) is 56.8 Å². The van der Waals surface area contributed by atoms with Crippen molar-refractivity contribution < 1.29 is 23.4 Å². The highest BCUT2D eigenvalue weighted by Crippen LogP contribution is 2.17. The molecule has 2 aromatic rings. The molecule has 0 saturated carbocycles. The number of nitrogens with one attached hydrogen (secondary N) is 1. The van der Waals surface area contributed by atoms with Crippen molar-refractivity contribution in [3.05, 3.63) is 54.3 Å². The third kappa shape index (κ3) is 5.99. The van der Waals surface area contributed by atoms with E-state index in [4.69, 9.17) is 14.2 Å². The number of hydrogen-bond donors (Lipinski definition) is 1. The standard InChI is InChI=1S/C19H22FNO4/c1-13(12-24-17-10-8-16(23-3)9-11-17)21-19(22)14(2)25-18-6-4-15(20)5-7-18/h4-11,13-14H,12H2,1-3H3,(H,21,22)/t13-,14-/m0/s1. The number of carbonyl (C=O) groups is 1. The molecule has 0 heterocycles. The smallest absolute Gasteiger partial charge is 0.261 e. The second kappa shape index (κ2) is 8.92. The van der Waals surface area contributed by atoms with Gasteiger partial charge in [-0.1, -0.05) is 0 Å². The van der Waals surface area contributed by atoms with Gasteiger partial charge in [-0.25, -0.2) is 4.39 Å². The Balaban J connectivity index is 1.77. The summed E-state index contributed by atoms with van der Waals surface area (Å²) in [6.45, 7) is 3.79. The molecule has 25 heavy (non-hydrogen) atoms. The average Bonchev–Trinajstić information content (AvgIpc) is 2.62. The zero-order valence-corrected chi connectivity index (χ0v) is 14.5. The molecule has 0 saturated heterocycles. The highest BCUT2D eigenvalue weighted by Gasteiger charge is 2.17. The lowest BCUT2D eigenvalue weighted by atomic mass is 10.3. The summed E-state index contributed by atoms with van der Waals surface area (Å²) < 4.78 is 29.1. The Morgan fingerprint density at radius 3 is 2.16 bits per heavy atom. The molecule has 0 fully saturated rings. The summed E-state index contributed by atoms with van der Waals surface area (Å²) in [6.07, 6.45) is -0.700. The van der Waals surface area contributed by atoms with Crippen molar-refractivity contribution in [2.24, 2.45) is 0 Å². The minimum Gasteiger partial charge on any atom is -0.497 e. The molecular weight excluding hydrogens is 325 g/mol. The molecule has 0 spiro atoms. The van der Waals surface area contributed by atoms with Gasteiger partial charge in [0.2, 0.25) is 0 Å². The Bertz CT molecular complexity index is 673. The number of halogens is 1. The number of rotatable bonds is 8. The highest BCUT2D eigenvalue weighted by molar-refractivity contribution is 5.80. The van der Waals surface area contributed by atoms with Crippen molar-refractivity contribution in [1.29, 1.82) is 0 Å². The minimum atomic E-state index is -0.700. The third-order valence-corrected chi connectivity index (χ3v) is 3.44. The molecule has 2 atom stereocenters. The molecule has 134 valence electrons. The first kappa shape index (κ1) is 18.6. The van der Waals surface area contributed by atoms with Gasteiger partial charge in [-0.05, 0) is 62.4 Å². The van der Waals surface area contributed by atoms with Crippen LogP contribution in [-0.4, -0.2) is 31.8 Å². The number of benzene rings is 2. The van der Waals surface area contributed by atoms with Gasteiger partial charge in [0.25, 0.3) is 5.91 Å². The maximum absolute atomic E-state index is 12.9. The summed E-state index contributed by atoms with van der Waals surface area (Å²) in [5.41, 5.74) is 0. The van der Waals surface area contributed by atoms with Crippen LogP contribution < -0.4 is 19.5 Å². The third-order valence-electron chi connectivity index (χ3n) is 3.44. The number of methoxy groups -OCH3 is 1. The fourth-order valence-corrected chi connectivity index (χ4v) is 2.07. The van der Waals surface area contributed by atoms with Gasteiger partial charge in [0.15, 0.2) is 6.10 Å². The Kier molecular flexibility index (Phi) is 6.62. The van der Waals surface area contributed by atoms with E-state index in [-0.39, 0.29) is 17.8 Å². The van der Waals surface area contributed by atoms with Crippen molar-refractivity contribution in [2.75, 3.05) is 13.7 Å². The summed E-state index contributed by atoms with van der Waals surface area (Å²) in [7, 11) is 1.60. The van der Waals surface area contributed by atoms with Crippen LogP contribution in [0.1, 0.15) is 13.8 Å². The molecule has 0 unspecified atom stereocenters. The van der Waals surface area contributed by atoms with E-state index in [1.54, 1.807) is 38.3 Å². The largest absolute Gasteiger partial charge is 0.497 e. The SMILES string of the molecule is COc1ccc(OC[C@H](C)NC(=O)[C@H](C)Oc2ccc(F)cc2)cc1. The van der Waals surface area contributed by atoms with Crippen LogP contribution in [-0.2, 0) is 4.79 Å². The van der Waals surface area contributed by atoms with Gasteiger partial charge in [0, 0.05) is 0 Å². The van der Waals surface area contributed by atoms with Gasteiger partial charge >= 0.3 is 0 Å². The lowest BCUT2D eigenvalue weighted by Crippen LogP contribution is -2.43. The monoisotopic (exact) mass is 347 g/mol. The predicted molar refractivity (Wildman–Crippen MR) is 92.6 cm³/mol. The molecule has 0 bridgehead atoms. The first-order chi connectivity index (χ1) is 12.0. The predicted octanol–water partition coefficient (Wildman–Crippen LogP) is 3.19. The zero-order chi connectivity index (χ0) is 18.2. The van der Waals surface area contributed by atoms with Crippen LogP contribution in [0.15, 0.2) is 48.5 Å². The van der Waals surface area contributed by atoms with E-state index in [1.807, 2.05) is 6.92 Å². The summed E-state index contributed by atoms with van der Waals surface area (Å²) >= 11 is 0. The van der Waals surface area contributed by atoms with Crippen molar-refractivity contribution in [1.82, 2.24) is 5.32 Å². The lowest BCUT2D eigenvalue weighted by molar-refractivity contribution is -0.128. The zero-order valence-electron chi connectivity index (χ0n) is 14.5. The molecule has 0 aliphatic heterocycles. The van der Waals surface area contributed by atoms with Crippen LogP contribution in [0.5, 0.6) is 17.2 Å². The normalized spacial score (nSPS) is 12.8. The molecule has 1 amide bonds. The Hall–Kier alpha value is -2.76. The van der Waals surface area contributed by atoms with Crippen molar-refractivity contribution in [2.45, 2.75) is 26.0 Å². The van der Waals surface area contributed by atoms with Gasteiger partial charge in [-0.2, -0.15) is 0 Å². The van der Waals surface area contributed by atoms with Crippen LogP contribution in [0.3, 0.4) is 0 Å². The van der Waals surface area contributed by atoms with E-state index in [0.29, 0.717) is 18.1 Å². The Labute approximate surface area is 146 Å². The molecule has 2 aromatic carbocycles. The number of ether oxygens (including phenoxy) is 3. The summed E-state index contributed by atoms with van der Waals surface area (Å²) in [5, 5.41) is 2.82. The maximum Gasteiger partial charge on any atom is 0.261 e. The Morgan fingerprint density at radius 1 is 1.00 bits per heavy atom. The lowest BCUT2D eigenvalue weighted by Gasteiger charge is -2.19. The molecule has 6 heteroatoms. The minimum absolute atomic E-state index is 0.200. The van der Waals surface area contributed by atoms with Crippen LogP contribution in [0.25, 0.3) is 0 Å². The van der Waals surface area contributed by atoms with Crippen LogP contribution in [0.4, 0.5) is 4.39 Å². The van der Waals surface area contributed by atoms with E-state index < -0.39 is 6.10 Å². The second-order valence-electron chi connectivity index (χ2n) is 5.61. The summed E-state index contributed by atoms with van der Waals surface area (Å²) in [6, 6.07) is 12.5. The van der Waals surface area contributed by atoms with Crippen LogP contribution >= 0.6 is 0 Å². The maximum atomic E-state index is 12.9. The molecule has 2 rings (SSSR count). The average molecular weight is 347 g/mol. The quantitative estimate of drug-likeness (QED) is 0.797. The molecule has 5 nitrogen and oxygen atoms in total. The van der Waals surface area contributed by atoms with Gasteiger partial charge in [0.05, 0.1) is 13.2 Å². The summed E-state index contributed by atoms with van der Waals surface area (Å²) in [4.78, 5) is 12.1. The van der Waals surface area contributed by atoms with E-state index >= 15 is 0 Å². The molecule has 0 aliphatic rings. The fourth-order valence-electron chi connectivity index (χ4n) is 2.07. The first-order valence-corrected chi connectivity index (χ1v) is 7.97. The van der Waals surface area contributed by atoms with Crippen LogP contribution in [0.2, 0.25) is 0 Å². The van der Waals surface area contributed by atoms with Crippen molar-refractivity contribution >= 4 is 5.91 Å². The number of hydrogen-bond acceptors (Lipinski definition) is 4. The Morgan fingerprint density at radius 2 is 1.56 bits per heavy atom. The molecule has 0 aromatic heterocycles. The van der Waals surface area contributed by atoms with Crippen molar-refractivity contribution in [3.8, 4) is 17.2 Å². The van der Waals surface area contributed by atoms with E-state index in [0.717, 1.165) is 5.75 Å². The van der Waals surface area contributed by atoms with Gasteiger partial charge < -0.3 is 19.5 Å². The van der Waals surface area contributed by atoms with E-state index in [1.165, 1.54) is 24.3 Å². The van der Waals surface area contributed by atoms with Gasteiger partial charge in [-0.15, -0.1) is 0 Å². The summed E-state index contributed by atoms with van der Waals surface area (Å²) in [5.74, 6) is 1.26. The fraction of sp³-hybridized carbons (Fsp3) is 0.316. The first-order valence-electron chi connectivity index (χ1n) is 7.97. The van der Waals surface area contributed by atoms with Crippen LogP contribution in [0, 0.1) is 5.82 Å². The second-order valence-corrected chi connectivity index (χ2v) is 5.61.